The molecule has 0 radical (unpaired) electrons. The molecule has 104 valence electrons. The molecule has 0 unspecified atom stereocenters. The highest BCUT2D eigenvalue weighted by Gasteiger charge is 2.31. The van der Waals surface area contributed by atoms with Gasteiger partial charge in [-0.3, -0.25) is 4.79 Å². The van der Waals surface area contributed by atoms with Gasteiger partial charge in [0.1, 0.15) is 0 Å². The maximum atomic E-state index is 12.5. The summed E-state index contributed by atoms with van der Waals surface area (Å²) in [6.45, 7) is 0.663. The number of hydrogen-bond acceptors (Lipinski definition) is 1. The minimum atomic E-state index is 0.199. The third-order valence-corrected chi connectivity index (χ3v) is 4.02. The molecule has 2 nitrogen and oxygen atoms in total. The van der Waals surface area contributed by atoms with Crippen LogP contribution in [0.5, 0.6) is 0 Å². The summed E-state index contributed by atoms with van der Waals surface area (Å²) < 4.78 is 0. The molecule has 0 spiro atoms. The van der Waals surface area contributed by atoms with Gasteiger partial charge in [0.25, 0.3) is 0 Å². The molecule has 20 heavy (non-hydrogen) atoms. The van der Waals surface area contributed by atoms with Crippen LogP contribution in [-0.4, -0.2) is 29.3 Å². The van der Waals surface area contributed by atoms with Gasteiger partial charge in [0.05, 0.1) is 6.42 Å². The van der Waals surface area contributed by atoms with Crippen LogP contribution in [0.2, 0.25) is 0 Å². The van der Waals surface area contributed by atoms with Crippen LogP contribution in [0, 0.1) is 0 Å². The Balaban J connectivity index is 1.83. The van der Waals surface area contributed by atoms with Crippen LogP contribution in [0.1, 0.15) is 18.4 Å². The van der Waals surface area contributed by atoms with Gasteiger partial charge >= 0.3 is 0 Å². The van der Waals surface area contributed by atoms with Gasteiger partial charge in [0, 0.05) is 18.5 Å². The highest BCUT2D eigenvalue weighted by atomic mass is 35.5. The number of hydrogen-bond donors (Lipinski definition) is 0. The van der Waals surface area contributed by atoms with Crippen LogP contribution in [0.4, 0.5) is 0 Å². The fourth-order valence-corrected chi connectivity index (χ4v) is 2.88. The molecule has 3 rings (SSSR count). The summed E-state index contributed by atoms with van der Waals surface area (Å²) in [5.41, 5.74) is 1.10. The van der Waals surface area contributed by atoms with Crippen LogP contribution in [0.25, 0.3) is 10.8 Å². The number of carbonyl (C=O) groups is 1. The number of carbonyl (C=O) groups excluding carboxylic acids is 1. The van der Waals surface area contributed by atoms with E-state index in [0.29, 0.717) is 24.9 Å². The maximum Gasteiger partial charge on any atom is 0.227 e. The van der Waals surface area contributed by atoms with E-state index in [1.54, 1.807) is 0 Å². The molecule has 1 saturated carbocycles. The van der Waals surface area contributed by atoms with Crippen molar-refractivity contribution in [2.45, 2.75) is 25.3 Å². The Labute approximate surface area is 124 Å². The monoisotopic (exact) mass is 287 g/mol. The van der Waals surface area contributed by atoms with Gasteiger partial charge in [0.15, 0.2) is 0 Å². The predicted octanol–water partition coefficient (Wildman–Crippen LogP) is 3.61. The topological polar surface area (TPSA) is 20.3 Å². The van der Waals surface area contributed by atoms with E-state index in [2.05, 4.69) is 18.2 Å². The van der Waals surface area contributed by atoms with Crippen LogP contribution in [-0.2, 0) is 11.2 Å². The van der Waals surface area contributed by atoms with E-state index in [1.807, 2.05) is 29.2 Å². The van der Waals surface area contributed by atoms with Crippen LogP contribution >= 0.6 is 11.6 Å². The number of amides is 1. The highest BCUT2D eigenvalue weighted by Crippen LogP contribution is 2.28. The highest BCUT2D eigenvalue weighted by molar-refractivity contribution is 6.18. The molecule has 1 aliphatic rings. The fourth-order valence-electron chi connectivity index (χ4n) is 2.70. The molecule has 0 heterocycles. The van der Waals surface area contributed by atoms with Gasteiger partial charge in [-0.15, -0.1) is 11.6 Å². The van der Waals surface area contributed by atoms with Crippen LogP contribution in [0.3, 0.4) is 0 Å². The van der Waals surface area contributed by atoms with Gasteiger partial charge in [-0.2, -0.15) is 0 Å². The summed E-state index contributed by atoms with van der Waals surface area (Å²) in [4.78, 5) is 14.4. The molecule has 0 aliphatic heterocycles. The third kappa shape index (κ3) is 2.80. The Hall–Kier alpha value is -1.54. The van der Waals surface area contributed by atoms with E-state index < -0.39 is 0 Å². The molecule has 2 aromatic carbocycles. The molecule has 2 aromatic rings. The quantitative estimate of drug-likeness (QED) is 0.769. The number of nitrogens with zero attached hydrogens (tertiary/aromatic N) is 1. The number of halogens is 1. The fraction of sp³-hybridized carbons (Fsp3) is 0.353. The lowest BCUT2D eigenvalue weighted by atomic mass is 10.0. The molecule has 1 amide bonds. The lowest BCUT2D eigenvalue weighted by Crippen LogP contribution is -2.35. The average Bonchev–Trinajstić information content (AvgIpc) is 3.29. The van der Waals surface area contributed by atoms with Crippen molar-refractivity contribution in [3.05, 3.63) is 48.0 Å². The first-order valence-corrected chi connectivity index (χ1v) is 7.65. The Morgan fingerprint density at radius 3 is 2.65 bits per heavy atom. The molecule has 0 bridgehead atoms. The van der Waals surface area contributed by atoms with Gasteiger partial charge in [0.2, 0.25) is 5.91 Å². The van der Waals surface area contributed by atoms with E-state index in [0.717, 1.165) is 18.4 Å². The van der Waals surface area contributed by atoms with Gasteiger partial charge < -0.3 is 4.90 Å². The van der Waals surface area contributed by atoms with E-state index in [9.17, 15) is 4.79 Å². The average molecular weight is 288 g/mol. The summed E-state index contributed by atoms with van der Waals surface area (Å²) in [6, 6.07) is 14.8. The first-order valence-electron chi connectivity index (χ1n) is 7.11. The first kappa shape index (κ1) is 13.4. The van der Waals surface area contributed by atoms with Crippen molar-refractivity contribution in [3.63, 3.8) is 0 Å². The number of alkyl halides is 1. The number of rotatable bonds is 5. The standard InChI is InChI=1S/C17H18ClNO/c18-10-11-19(15-8-9-15)17(20)12-14-6-3-5-13-4-1-2-7-16(13)14/h1-7,15H,8-12H2. The summed E-state index contributed by atoms with van der Waals surface area (Å²) in [5, 5.41) is 2.36. The molecular formula is C17H18ClNO. The van der Waals surface area contributed by atoms with E-state index in [1.165, 1.54) is 10.8 Å². The smallest absolute Gasteiger partial charge is 0.227 e. The van der Waals surface area contributed by atoms with Gasteiger partial charge in [-0.05, 0) is 29.2 Å². The zero-order valence-electron chi connectivity index (χ0n) is 11.4. The molecular weight excluding hydrogens is 270 g/mol. The minimum Gasteiger partial charge on any atom is -0.338 e. The molecule has 0 saturated heterocycles. The zero-order valence-corrected chi connectivity index (χ0v) is 12.1. The zero-order chi connectivity index (χ0) is 13.9. The lowest BCUT2D eigenvalue weighted by Gasteiger charge is -2.21. The Bertz CT molecular complexity index is 616. The Morgan fingerprint density at radius 1 is 1.15 bits per heavy atom. The summed E-state index contributed by atoms with van der Waals surface area (Å²) in [7, 11) is 0. The molecule has 1 aliphatic carbocycles. The molecule has 0 aromatic heterocycles. The van der Waals surface area contributed by atoms with Gasteiger partial charge in [-0.25, -0.2) is 0 Å². The second-order valence-electron chi connectivity index (χ2n) is 5.32. The van der Waals surface area contributed by atoms with E-state index in [-0.39, 0.29) is 5.91 Å². The maximum absolute atomic E-state index is 12.5. The van der Waals surface area contributed by atoms with E-state index >= 15 is 0 Å². The molecule has 0 atom stereocenters. The van der Waals surface area contributed by atoms with Crippen LogP contribution in [0.15, 0.2) is 42.5 Å². The molecule has 0 N–H and O–H groups in total. The van der Waals surface area contributed by atoms with Crippen molar-refractivity contribution in [1.29, 1.82) is 0 Å². The second kappa shape index (κ2) is 5.84. The molecule has 3 heteroatoms. The predicted molar refractivity (Wildman–Crippen MR) is 83.1 cm³/mol. The minimum absolute atomic E-state index is 0.199. The molecule has 1 fully saturated rings. The van der Waals surface area contributed by atoms with Gasteiger partial charge in [-0.1, -0.05) is 42.5 Å². The number of fused-ring (bicyclic) bond motifs is 1. The first-order chi connectivity index (χ1) is 9.79. The second-order valence-corrected chi connectivity index (χ2v) is 5.70. The van der Waals surface area contributed by atoms with Crippen molar-refractivity contribution in [2.24, 2.45) is 0 Å². The van der Waals surface area contributed by atoms with Crippen LogP contribution < -0.4 is 0 Å². The number of benzene rings is 2. The lowest BCUT2D eigenvalue weighted by molar-refractivity contribution is -0.130. The van der Waals surface area contributed by atoms with E-state index in [4.69, 9.17) is 11.6 Å². The van der Waals surface area contributed by atoms with Crippen molar-refractivity contribution in [3.8, 4) is 0 Å². The summed E-state index contributed by atoms with van der Waals surface area (Å²) in [5.74, 6) is 0.710. The Morgan fingerprint density at radius 2 is 1.90 bits per heavy atom. The van der Waals surface area contributed by atoms with Crippen molar-refractivity contribution in [1.82, 2.24) is 4.90 Å². The Kier molecular flexibility index (Phi) is 3.93. The van der Waals surface area contributed by atoms with Crippen molar-refractivity contribution in [2.75, 3.05) is 12.4 Å². The van der Waals surface area contributed by atoms with Crippen molar-refractivity contribution >= 4 is 28.3 Å². The van der Waals surface area contributed by atoms with Crippen molar-refractivity contribution < 1.29 is 4.79 Å². The third-order valence-electron chi connectivity index (χ3n) is 3.86. The SMILES string of the molecule is O=C(Cc1cccc2ccccc12)N(CCCl)C1CC1. The normalized spacial score (nSPS) is 14.4. The largest absolute Gasteiger partial charge is 0.338 e. The summed E-state index contributed by atoms with van der Waals surface area (Å²) >= 11 is 5.82. The summed E-state index contributed by atoms with van der Waals surface area (Å²) in [6.07, 6.45) is 2.71.